The number of rotatable bonds is 4. The maximum absolute atomic E-state index is 14.4. The molecule has 5 atom stereocenters. The monoisotopic (exact) mass is 311 g/mol. The van der Waals surface area contributed by atoms with Gasteiger partial charge < -0.3 is 9.84 Å². The van der Waals surface area contributed by atoms with Gasteiger partial charge in [0.1, 0.15) is 17.6 Å². The first-order valence-electron chi connectivity index (χ1n) is 6.74. The van der Waals surface area contributed by atoms with E-state index in [0.29, 0.717) is 0 Å². The number of aliphatic hydroxyl groups excluding tert-OH is 1. The summed E-state index contributed by atoms with van der Waals surface area (Å²) in [7, 11) is 0. The molecule has 1 N–H and O–H groups in total. The van der Waals surface area contributed by atoms with E-state index in [1.807, 2.05) is 31.2 Å². The molecule has 7 heteroatoms. The fourth-order valence-electron chi connectivity index (χ4n) is 2.28. The van der Waals surface area contributed by atoms with Crippen molar-refractivity contribution in [3.05, 3.63) is 40.3 Å². The van der Waals surface area contributed by atoms with E-state index in [4.69, 9.17) is 10.3 Å². The average Bonchev–Trinajstić information content (AvgIpc) is 2.49. The molecule has 1 unspecified atom stereocenters. The maximum atomic E-state index is 14.4. The molecular formula is C14H18FN3O2S. The van der Waals surface area contributed by atoms with Crippen molar-refractivity contribution in [2.24, 2.45) is 11.0 Å². The summed E-state index contributed by atoms with van der Waals surface area (Å²) in [6.45, 7) is 3.38. The van der Waals surface area contributed by atoms with Crippen LogP contribution in [0.5, 0.6) is 0 Å². The molecule has 2 rings (SSSR count). The molecule has 1 aromatic rings. The lowest BCUT2D eigenvalue weighted by Crippen LogP contribution is -2.50. The predicted molar refractivity (Wildman–Crippen MR) is 79.8 cm³/mol. The summed E-state index contributed by atoms with van der Waals surface area (Å²) in [4.78, 5) is 3.64. The van der Waals surface area contributed by atoms with Crippen molar-refractivity contribution in [2.45, 2.75) is 42.5 Å². The highest BCUT2D eigenvalue weighted by atomic mass is 32.2. The third kappa shape index (κ3) is 3.68. The van der Waals surface area contributed by atoms with Gasteiger partial charge in [-0.2, -0.15) is 0 Å². The molecule has 21 heavy (non-hydrogen) atoms. The van der Waals surface area contributed by atoms with E-state index in [0.717, 1.165) is 10.5 Å². The summed E-state index contributed by atoms with van der Waals surface area (Å²) in [5.74, 6) is -0.514. The molecule has 0 radical (unpaired) electrons. The molecule has 1 heterocycles. The molecule has 0 bridgehead atoms. The molecule has 1 aromatic carbocycles. The van der Waals surface area contributed by atoms with E-state index in [-0.39, 0.29) is 6.61 Å². The average molecular weight is 311 g/mol. The van der Waals surface area contributed by atoms with Crippen LogP contribution >= 0.6 is 11.8 Å². The smallest absolute Gasteiger partial charge is 0.119 e. The third-order valence-electron chi connectivity index (χ3n) is 3.64. The summed E-state index contributed by atoms with van der Waals surface area (Å²) in [5, 5.41) is 12.9. The van der Waals surface area contributed by atoms with Crippen molar-refractivity contribution in [2.75, 3.05) is 6.61 Å². The lowest BCUT2D eigenvalue weighted by molar-refractivity contribution is -0.105. The Labute approximate surface area is 127 Å². The van der Waals surface area contributed by atoms with Crippen LogP contribution in [0.25, 0.3) is 10.4 Å². The fraction of sp³-hybridized carbons (Fsp3) is 0.571. The Bertz CT molecular complexity index is 521. The normalized spacial score (nSPS) is 32.5. The van der Waals surface area contributed by atoms with Crippen LogP contribution in [-0.4, -0.2) is 35.5 Å². The van der Waals surface area contributed by atoms with Crippen LogP contribution < -0.4 is 0 Å². The summed E-state index contributed by atoms with van der Waals surface area (Å²) in [6.07, 6.45) is -1.93. The van der Waals surface area contributed by atoms with Crippen LogP contribution in [0.4, 0.5) is 4.39 Å². The van der Waals surface area contributed by atoms with Crippen molar-refractivity contribution >= 4 is 11.8 Å². The Kier molecular flexibility index (Phi) is 5.47. The van der Waals surface area contributed by atoms with Crippen molar-refractivity contribution in [1.82, 2.24) is 0 Å². The zero-order valence-corrected chi connectivity index (χ0v) is 12.7. The standard InChI is InChI=1S/C14H18FN3O2S/c1-8-3-5-10(6-4-8)21-14-13(17-18-16)12(15)9(2)11(7-19)20-14/h3-6,9,11-14,19H,7H2,1-2H3/t9?,11-,12+,13-,14+/m1/s1. The Hall–Kier alpha value is -1.27. The van der Waals surface area contributed by atoms with Gasteiger partial charge in [-0.25, -0.2) is 4.39 Å². The Balaban J connectivity index is 2.20. The molecular weight excluding hydrogens is 293 g/mol. The molecule has 0 spiro atoms. The van der Waals surface area contributed by atoms with Crippen molar-refractivity contribution < 1.29 is 14.2 Å². The van der Waals surface area contributed by atoms with E-state index in [9.17, 15) is 9.50 Å². The number of ether oxygens (including phenoxy) is 1. The molecule has 5 nitrogen and oxygen atoms in total. The Morgan fingerprint density at radius 3 is 2.67 bits per heavy atom. The summed E-state index contributed by atoms with van der Waals surface area (Å²) < 4.78 is 20.1. The number of thioether (sulfide) groups is 1. The molecule has 1 aliphatic rings. The molecule has 0 saturated carbocycles. The van der Waals surface area contributed by atoms with Crippen LogP contribution in [0.2, 0.25) is 0 Å². The van der Waals surface area contributed by atoms with Crippen LogP contribution in [0.3, 0.4) is 0 Å². The number of azide groups is 1. The molecule has 0 aromatic heterocycles. The highest BCUT2D eigenvalue weighted by Gasteiger charge is 2.44. The van der Waals surface area contributed by atoms with Crippen LogP contribution in [0.15, 0.2) is 34.3 Å². The zero-order valence-electron chi connectivity index (χ0n) is 11.9. The van der Waals surface area contributed by atoms with Gasteiger partial charge in [0.25, 0.3) is 0 Å². The number of nitrogens with zero attached hydrogens (tertiary/aromatic N) is 3. The number of aliphatic hydroxyl groups is 1. The number of halogens is 1. The van der Waals surface area contributed by atoms with Gasteiger partial charge in [-0.1, -0.05) is 41.5 Å². The van der Waals surface area contributed by atoms with E-state index < -0.39 is 29.7 Å². The highest BCUT2D eigenvalue weighted by molar-refractivity contribution is 7.99. The lowest BCUT2D eigenvalue weighted by Gasteiger charge is -2.40. The second-order valence-corrected chi connectivity index (χ2v) is 6.33. The van der Waals surface area contributed by atoms with Crippen LogP contribution in [0, 0.1) is 12.8 Å². The van der Waals surface area contributed by atoms with Gasteiger partial charge >= 0.3 is 0 Å². The van der Waals surface area contributed by atoms with Crippen molar-refractivity contribution in [1.29, 1.82) is 0 Å². The highest BCUT2D eigenvalue weighted by Crippen LogP contribution is 2.38. The molecule has 1 aliphatic heterocycles. The van der Waals surface area contributed by atoms with Gasteiger partial charge in [-0.05, 0) is 24.6 Å². The SMILES string of the molecule is Cc1ccc(S[C@@H]2O[C@H](CO)C(C)[C@H](F)[C@H]2N=[N+]=[N-])cc1. The second-order valence-electron chi connectivity index (χ2n) is 5.16. The minimum absolute atomic E-state index is 0.254. The maximum Gasteiger partial charge on any atom is 0.119 e. The first-order chi connectivity index (χ1) is 10.1. The van der Waals surface area contributed by atoms with Crippen LogP contribution in [-0.2, 0) is 4.74 Å². The minimum atomic E-state index is -1.34. The van der Waals surface area contributed by atoms with E-state index in [1.165, 1.54) is 11.8 Å². The molecule has 1 fully saturated rings. The lowest BCUT2D eigenvalue weighted by atomic mass is 9.92. The first kappa shape index (κ1) is 16.1. The van der Waals surface area contributed by atoms with E-state index >= 15 is 0 Å². The second kappa shape index (κ2) is 7.13. The molecule has 0 amide bonds. The fourth-order valence-corrected chi connectivity index (χ4v) is 3.38. The van der Waals surface area contributed by atoms with Gasteiger partial charge in [0, 0.05) is 15.7 Å². The molecule has 1 saturated heterocycles. The summed E-state index contributed by atoms with van der Waals surface area (Å²) in [5.41, 5.74) is 9.12. The number of hydrogen-bond donors (Lipinski definition) is 1. The minimum Gasteiger partial charge on any atom is -0.394 e. The molecule has 114 valence electrons. The Morgan fingerprint density at radius 1 is 1.43 bits per heavy atom. The third-order valence-corrected chi connectivity index (χ3v) is 4.81. The summed E-state index contributed by atoms with van der Waals surface area (Å²) >= 11 is 1.31. The van der Waals surface area contributed by atoms with E-state index in [2.05, 4.69) is 10.0 Å². The van der Waals surface area contributed by atoms with Gasteiger partial charge in [0.2, 0.25) is 0 Å². The first-order valence-corrected chi connectivity index (χ1v) is 7.62. The Morgan fingerprint density at radius 2 is 2.10 bits per heavy atom. The largest absolute Gasteiger partial charge is 0.394 e. The van der Waals surface area contributed by atoms with Gasteiger partial charge in [-0.3, -0.25) is 0 Å². The molecule has 0 aliphatic carbocycles. The van der Waals surface area contributed by atoms with Crippen molar-refractivity contribution in [3.63, 3.8) is 0 Å². The zero-order chi connectivity index (χ0) is 15.4. The quantitative estimate of drug-likeness (QED) is 0.525. The topological polar surface area (TPSA) is 78.2 Å². The number of benzene rings is 1. The number of hydrogen-bond acceptors (Lipinski definition) is 4. The number of aryl methyl sites for hydroxylation is 1. The van der Waals surface area contributed by atoms with Crippen LogP contribution in [0.1, 0.15) is 12.5 Å². The van der Waals surface area contributed by atoms with Crippen molar-refractivity contribution in [3.8, 4) is 0 Å². The van der Waals surface area contributed by atoms with Gasteiger partial charge in [0.15, 0.2) is 0 Å². The number of alkyl halides is 1. The summed E-state index contributed by atoms with van der Waals surface area (Å²) in [6, 6.07) is 6.82. The van der Waals surface area contributed by atoms with E-state index in [1.54, 1.807) is 6.92 Å². The van der Waals surface area contributed by atoms with Gasteiger partial charge in [0.05, 0.1) is 12.7 Å². The predicted octanol–water partition coefficient (Wildman–Crippen LogP) is 3.46. The van der Waals surface area contributed by atoms with Gasteiger partial charge in [-0.15, -0.1) is 0 Å².